The fraction of sp³-hybridized carbons (Fsp3) is 0.719. The van der Waals surface area contributed by atoms with Gasteiger partial charge in [0.05, 0.1) is 30.8 Å². The number of cyclic esters (lactones) is 1. The Balaban J connectivity index is 2.21. The van der Waals surface area contributed by atoms with E-state index >= 15 is 0 Å². The molecule has 0 bridgehead atoms. The summed E-state index contributed by atoms with van der Waals surface area (Å²) in [7, 11) is 0. The summed E-state index contributed by atoms with van der Waals surface area (Å²) in [5.41, 5.74) is -0.425. The monoisotopic (exact) mass is 578 g/mol. The van der Waals surface area contributed by atoms with Gasteiger partial charge in [-0.05, 0) is 57.1 Å². The lowest BCUT2D eigenvalue weighted by Gasteiger charge is -2.36. The van der Waals surface area contributed by atoms with Crippen molar-refractivity contribution in [1.29, 1.82) is 0 Å². The minimum absolute atomic E-state index is 0.0928. The number of rotatable bonds is 10. The van der Waals surface area contributed by atoms with Crippen LogP contribution in [0, 0.1) is 17.8 Å². The topological polar surface area (TPSA) is 132 Å². The molecule has 0 saturated carbocycles. The van der Waals surface area contributed by atoms with E-state index in [1.54, 1.807) is 19.1 Å². The molecule has 0 spiro atoms. The molecule has 2 rings (SSSR count). The van der Waals surface area contributed by atoms with Gasteiger partial charge in [-0.25, -0.2) is 0 Å². The minimum Gasteiger partial charge on any atom is -0.457 e. The molecule has 2 heterocycles. The molecule has 9 nitrogen and oxygen atoms in total. The van der Waals surface area contributed by atoms with E-state index in [2.05, 4.69) is 13.0 Å². The van der Waals surface area contributed by atoms with E-state index < -0.39 is 41.8 Å². The van der Waals surface area contributed by atoms with Crippen molar-refractivity contribution in [3.63, 3.8) is 0 Å². The zero-order valence-electron chi connectivity index (χ0n) is 25.9. The van der Waals surface area contributed by atoms with Gasteiger partial charge < -0.3 is 29.2 Å². The second kappa shape index (κ2) is 15.7. The predicted molar refractivity (Wildman–Crippen MR) is 155 cm³/mol. The quantitative estimate of drug-likeness (QED) is 0.126. The average molecular weight is 579 g/mol. The first-order chi connectivity index (χ1) is 19.2. The molecule has 1 fully saturated rings. The molecule has 9 heteroatoms. The normalized spacial score (nSPS) is 34.4. The molecule has 10 atom stereocenters. The van der Waals surface area contributed by atoms with Crippen LogP contribution in [0.25, 0.3) is 0 Å². The van der Waals surface area contributed by atoms with Crippen LogP contribution in [0.15, 0.2) is 36.0 Å². The lowest BCUT2D eigenvalue weighted by Crippen LogP contribution is -2.45. The molecule has 0 aliphatic carbocycles. The highest BCUT2D eigenvalue weighted by Gasteiger charge is 2.45. The summed E-state index contributed by atoms with van der Waals surface area (Å²) in [6.07, 6.45) is 8.38. The second-order valence-corrected chi connectivity index (χ2v) is 12.0. The number of hydrogen-bond acceptors (Lipinski definition) is 9. The van der Waals surface area contributed by atoms with Gasteiger partial charge in [-0.15, -0.1) is 0 Å². The maximum Gasteiger partial charge on any atom is 0.309 e. The third kappa shape index (κ3) is 11.0. The smallest absolute Gasteiger partial charge is 0.309 e. The Morgan fingerprint density at radius 3 is 2.49 bits per heavy atom. The predicted octanol–water partition coefficient (Wildman–Crippen LogP) is 4.59. The summed E-state index contributed by atoms with van der Waals surface area (Å²) in [6.45, 7) is 14.1. The van der Waals surface area contributed by atoms with E-state index in [4.69, 9.17) is 18.9 Å². The summed E-state index contributed by atoms with van der Waals surface area (Å²) in [6, 6.07) is 0. The van der Waals surface area contributed by atoms with Gasteiger partial charge in [0, 0.05) is 25.7 Å². The number of hydrogen-bond donors (Lipinski definition) is 2. The second-order valence-electron chi connectivity index (χ2n) is 12.0. The van der Waals surface area contributed by atoms with Gasteiger partial charge >= 0.3 is 17.9 Å². The summed E-state index contributed by atoms with van der Waals surface area (Å²) >= 11 is 0. The van der Waals surface area contributed by atoms with Gasteiger partial charge in [-0.2, -0.15) is 0 Å². The van der Waals surface area contributed by atoms with Crippen LogP contribution in [0.4, 0.5) is 0 Å². The van der Waals surface area contributed by atoms with E-state index in [0.717, 1.165) is 12.0 Å². The molecule has 0 amide bonds. The fourth-order valence-electron chi connectivity index (χ4n) is 5.39. The number of epoxide rings is 1. The Morgan fingerprint density at radius 1 is 1.20 bits per heavy atom. The molecule has 0 aromatic rings. The molecular formula is C32H50O9. The van der Waals surface area contributed by atoms with E-state index in [-0.39, 0.29) is 55.3 Å². The number of carbonyl (C=O) groups excluding carboxylic acids is 3. The highest BCUT2D eigenvalue weighted by atomic mass is 16.6. The van der Waals surface area contributed by atoms with E-state index in [0.29, 0.717) is 6.42 Å². The summed E-state index contributed by atoms with van der Waals surface area (Å²) in [5, 5.41) is 20.6. The van der Waals surface area contributed by atoms with E-state index in [9.17, 15) is 24.6 Å². The van der Waals surface area contributed by atoms with Gasteiger partial charge in [0.15, 0.2) is 6.10 Å². The molecule has 0 aromatic carbocycles. The SMILES string of the molecule is CC[C@H](O)[C@@H](C)[C@H]1O[C@@H]1C[C@@H](C)/C=C/C=C(\C)[C@@H]1OC(=O)C[C@H](O)CC[C@](C)(OC(C)=O)[C@@H](OC(C)=O)/C=C/[C@@H]1C. The van der Waals surface area contributed by atoms with Gasteiger partial charge in [-0.1, -0.05) is 52.0 Å². The van der Waals surface area contributed by atoms with Crippen LogP contribution in [0.2, 0.25) is 0 Å². The Labute approximate surface area is 244 Å². The third-order valence-corrected chi connectivity index (χ3v) is 7.99. The molecule has 0 aromatic heterocycles. The zero-order valence-corrected chi connectivity index (χ0v) is 25.9. The van der Waals surface area contributed by atoms with Crippen LogP contribution < -0.4 is 0 Å². The highest BCUT2D eigenvalue weighted by Crippen LogP contribution is 2.36. The van der Waals surface area contributed by atoms with Gasteiger partial charge in [0.25, 0.3) is 0 Å². The average Bonchev–Trinajstić information content (AvgIpc) is 3.64. The van der Waals surface area contributed by atoms with Crippen molar-refractivity contribution in [1.82, 2.24) is 0 Å². The molecule has 0 unspecified atom stereocenters. The number of ether oxygens (including phenoxy) is 4. The Kier molecular flexibility index (Phi) is 13.3. The Hall–Kier alpha value is -2.49. The van der Waals surface area contributed by atoms with Crippen molar-refractivity contribution in [3.05, 3.63) is 36.0 Å². The van der Waals surface area contributed by atoms with Crippen LogP contribution in [0.1, 0.15) is 87.5 Å². The number of aliphatic hydroxyl groups is 2. The standard InChI is InChI=1S/C32H50O9/c1-9-26(36)22(5)31-27(39-31)17-19(2)11-10-12-20(3)30-21(4)13-14-28(38-23(6)33)32(8,41-24(7)34)16-15-25(35)18-29(37)40-30/h10-14,19,21-22,25-28,30-31,35-36H,9,15-18H2,1-8H3/b11-10+,14-13+,20-12+/t19-,21-,22+,25+,26-,27+,28-,30-,31+,32-/m0/s1. The first-order valence-corrected chi connectivity index (χ1v) is 14.8. The Bertz CT molecular complexity index is 986. The molecule has 2 N–H and O–H groups in total. The van der Waals surface area contributed by atoms with Crippen LogP contribution in [0.3, 0.4) is 0 Å². The summed E-state index contributed by atoms with van der Waals surface area (Å²) in [4.78, 5) is 36.6. The maximum absolute atomic E-state index is 12.7. The Morgan fingerprint density at radius 2 is 1.88 bits per heavy atom. The van der Waals surface area contributed by atoms with E-state index in [1.807, 2.05) is 39.8 Å². The third-order valence-electron chi connectivity index (χ3n) is 7.99. The van der Waals surface area contributed by atoms with Crippen molar-refractivity contribution < 1.29 is 43.5 Å². The van der Waals surface area contributed by atoms with Crippen molar-refractivity contribution in [2.45, 2.75) is 130 Å². The molecular weight excluding hydrogens is 528 g/mol. The van der Waals surface area contributed by atoms with Crippen molar-refractivity contribution in [2.24, 2.45) is 17.8 Å². The minimum atomic E-state index is -1.23. The van der Waals surface area contributed by atoms with Gasteiger partial charge in [0.2, 0.25) is 0 Å². The number of allylic oxidation sites excluding steroid dienone is 3. The first kappa shape index (κ1) is 34.7. The molecule has 1 saturated heterocycles. The zero-order chi connectivity index (χ0) is 30.9. The number of carbonyl (C=O) groups is 3. The van der Waals surface area contributed by atoms with Crippen LogP contribution in [-0.4, -0.2) is 70.3 Å². The number of aliphatic hydroxyl groups excluding tert-OH is 2. The number of esters is 3. The van der Waals surface area contributed by atoms with Crippen molar-refractivity contribution in [2.75, 3.05) is 0 Å². The van der Waals surface area contributed by atoms with Gasteiger partial charge in [0.1, 0.15) is 11.7 Å². The van der Waals surface area contributed by atoms with Crippen LogP contribution in [0.5, 0.6) is 0 Å². The van der Waals surface area contributed by atoms with Crippen LogP contribution in [-0.2, 0) is 33.3 Å². The van der Waals surface area contributed by atoms with Crippen molar-refractivity contribution in [3.8, 4) is 0 Å². The van der Waals surface area contributed by atoms with Gasteiger partial charge in [-0.3, -0.25) is 14.4 Å². The fourth-order valence-corrected chi connectivity index (χ4v) is 5.39. The summed E-state index contributed by atoms with van der Waals surface area (Å²) in [5.74, 6) is -1.56. The lowest BCUT2D eigenvalue weighted by atomic mass is 9.88. The first-order valence-electron chi connectivity index (χ1n) is 14.8. The maximum atomic E-state index is 12.7. The summed E-state index contributed by atoms with van der Waals surface area (Å²) < 4.78 is 22.8. The largest absolute Gasteiger partial charge is 0.457 e. The molecule has 2 aliphatic rings. The highest BCUT2D eigenvalue weighted by molar-refractivity contribution is 5.70. The molecule has 2 aliphatic heterocycles. The van der Waals surface area contributed by atoms with E-state index in [1.165, 1.54) is 13.8 Å². The van der Waals surface area contributed by atoms with Crippen molar-refractivity contribution >= 4 is 17.9 Å². The molecule has 0 radical (unpaired) electrons. The van der Waals surface area contributed by atoms with Crippen LogP contribution >= 0.6 is 0 Å². The molecule has 41 heavy (non-hydrogen) atoms. The lowest BCUT2D eigenvalue weighted by molar-refractivity contribution is -0.178. The molecule has 232 valence electrons.